The maximum atomic E-state index is 12.0. The lowest BCUT2D eigenvalue weighted by Crippen LogP contribution is -2.26. The van der Waals surface area contributed by atoms with Gasteiger partial charge in [0.05, 0.1) is 0 Å². The zero-order valence-electron chi connectivity index (χ0n) is 17.8. The van der Waals surface area contributed by atoms with Crippen molar-refractivity contribution >= 4 is 11.0 Å². The third kappa shape index (κ3) is 8.47. The van der Waals surface area contributed by atoms with Gasteiger partial charge in [-0.3, -0.25) is 0 Å². The molecule has 1 heterocycles. The van der Waals surface area contributed by atoms with Gasteiger partial charge in [0.1, 0.15) is 12.2 Å². The van der Waals surface area contributed by atoms with E-state index < -0.39 is 5.63 Å². The Bertz CT molecular complexity index is 725. The molecule has 0 atom stereocenters. The van der Waals surface area contributed by atoms with Crippen LogP contribution in [-0.2, 0) is 0 Å². The molecule has 0 aliphatic heterocycles. The summed E-state index contributed by atoms with van der Waals surface area (Å²) >= 11 is 0. The first-order valence-electron chi connectivity index (χ1n) is 11.0. The monoisotopic (exact) mass is 387 g/mol. The number of fused-ring (bicyclic) bond motifs is 1. The van der Waals surface area contributed by atoms with Crippen LogP contribution in [0.3, 0.4) is 0 Å². The molecule has 2 rings (SSSR count). The van der Waals surface area contributed by atoms with Gasteiger partial charge in [-0.05, 0) is 32.1 Å². The summed E-state index contributed by atoms with van der Waals surface area (Å²) in [4.78, 5) is 14.2. The molecule has 0 aliphatic rings. The highest BCUT2D eigenvalue weighted by atomic mass is 16.5. The van der Waals surface area contributed by atoms with Gasteiger partial charge in [-0.2, -0.15) is 0 Å². The second kappa shape index (κ2) is 13.4. The zero-order valence-corrected chi connectivity index (χ0v) is 17.8. The third-order valence-corrected chi connectivity index (χ3v) is 5.23. The lowest BCUT2D eigenvalue weighted by atomic mass is 10.1. The fraction of sp³-hybridized carbons (Fsp3) is 0.625. The van der Waals surface area contributed by atoms with Crippen LogP contribution in [0, 0.1) is 0 Å². The van der Waals surface area contributed by atoms with E-state index in [1.807, 2.05) is 18.2 Å². The van der Waals surface area contributed by atoms with E-state index in [0.717, 1.165) is 18.5 Å². The topological polar surface area (TPSA) is 42.7 Å². The number of benzene rings is 1. The fourth-order valence-corrected chi connectivity index (χ4v) is 3.44. The van der Waals surface area contributed by atoms with E-state index in [4.69, 9.17) is 9.15 Å². The predicted octanol–water partition coefficient (Wildman–Crippen LogP) is 6.02. The second-order valence-electron chi connectivity index (χ2n) is 7.77. The Balaban J connectivity index is 1.53. The van der Waals surface area contributed by atoms with Crippen LogP contribution >= 0.6 is 0 Å². The molecule has 156 valence electrons. The Kier molecular flexibility index (Phi) is 10.7. The summed E-state index contributed by atoms with van der Waals surface area (Å²) in [5.41, 5.74) is 0.189. The molecule has 0 amide bonds. The van der Waals surface area contributed by atoms with Crippen LogP contribution in [0.1, 0.15) is 71.1 Å². The molecule has 0 N–H and O–H groups in total. The van der Waals surface area contributed by atoms with Crippen LogP contribution in [0.25, 0.3) is 11.0 Å². The summed E-state index contributed by atoms with van der Waals surface area (Å²) in [6.07, 6.45) is 13.6. The SMILES string of the molecule is CCCCCCCCCCCCN(C)CCOc1cc2ccccc2oc1=O. The largest absolute Gasteiger partial charge is 0.485 e. The predicted molar refractivity (Wildman–Crippen MR) is 117 cm³/mol. The fourth-order valence-electron chi connectivity index (χ4n) is 3.44. The summed E-state index contributed by atoms with van der Waals surface area (Å²) in [7, 11) is 2.11. The number of para-hydroxylation sites is 1. The molecular formula is C24H37NO3. The van der Waals surface area contributed by atoms with Gasteiger partial charge in [-0.15, -0.1) is 0 Å². The van der Waals surface area contributed by atoms with Gasteiger partial charge in [-0.1, -0.05) is 82.9 Å². The third-order valence-electron chi connectivity index (χ3n) is 5.23. The first-order valence-corrected chi connectivity index (χ1v) is 11.0. The van der Waals surface area contributed by atoms with E-state index in [9.17, 15) is 4.79 Å². The standard InChI is InChI=1S/C24H37NO3/c1-3-4-5-6-7-8-9-10-11-14-17-25(2)18-19-27-23-20-21-15-12-13-16-22(21)28-24(23)26/h12-13,15-16,20H,3-11,14,17-19H2,1-2H3. The lowest BCUT2D eigenvalue weighted by molar-refractivity contribution is 0.229. The molecule has 28 heavy (non-hydrogen) atoms. The van der Waals surface area contributed by atoms with Crippen molar-refractivity contribution < 1.29 is 9.15 Å². The summed E-state index contributed by atoms with van der Waals surface area (Å²) in [5.74, 6) is 0.297. The van der Waals surface area contributed by atoms with Gasteiger partial charge in [0.25, 0.3) is 0 Å². The number of hydrogen-bond donors (Lipinski definition) is 0. The van der Waals surface area contributed by atoms with Crippen molar-refractivity contribution in [2.45, 2.75) is 71.1 Å². The van der Waals surface area contributed by atoms with Gasteiger partial charge in [0, 0.05) is 11.9 Å². The molecule has 0 aliphatic carbocycles. The van der Waals surface area contributed by atoms with Gasteiger partial charge in [-0.25, -0.2) is 4.79 Å². The van der Waals surface area contributed by atoms with Crippen LogP contribution in [0.4, 0.5) is 0 Å². The number of likely N-dealkylation sites (N-methyl/N-ethyl adjacent to an activating group) is 1. The van der Waals surface area contributed by atoms with Crippen molar-refractivity contribution in [3.8, 4) is 5.75 Å². The molecule has 0 unspecified atom stereocenters. The van der Waals surface area contributed by atoms with Crippen molar-refractivity contribution in [3.63, 3.8) is 0 Å². The highest BCUT2D eigenvalue weighted by Crippen LogP contribution is 2.16. The molecule has 0 saturated heterocycles. The minimum Gasteiger partial charge on any atom is -0.485 e. The van der Waals surface area contributed by atoms with Crippen molar-refractivity contribution in [3.05, 3.63) is 40.8 Å². The Morgan fingerprint density at radius 2 is 1.54 bits per heavy atom. The van der Waals surface area contributed by atoms with Gasteiger partial charge < -0.3 is 14.1 Å². The molecule has 0 radical (unpaired) electrons. The van der Waals surface area contributed by atoms with Crippen LogP contribution in [-0.4, -0.2) is 31.6 Å². The Labute approximate surface area is 169 Å². The van der Waals surface area contributed by atoms with E-state index in [-0.39, 0.29) is 0 Å². The first kappa shape index (κ1) is 22.5. The van der Waals surface area contributed by atoms with Crippen LogP contribution in [0.15, 0.2) is 39.5 Å². The first-order chi connectivity index (χ1) is 13.7. The summed E-state index contributed by atoms with van der Waals surface area (Å²) < 4.78 is 11.0. The van der Waals surface area contributed by atoms with E-state index in [0.29, 0.717) is 17.9 Å². The maximum absolute atomic E-state index is 12.0. The van der Waals surface area contributed by atoms with Crippen LogP contribution in [0.5, 0.6) is 5.75 Å². The van der Waals surface area contributed by atoms with Crippen molar-refractivity contribution in [2.24, 2.45) is 0 Å². The molecule has 0 bridgehead atoms. The van der Waals surface area contributed by atoms with Gasteiger partial charge in [0.2, 0.25) is 5.75 Å². The molecule has 2 aromatic rings. The summed E-state index contributed by atoms with van der Waals surface area (Å²) in [6.45, 7) is 4.65. The number of hydrogen-bond acceptors (Lipinski definition) is 4. The molecule has 1 aromatic heterocycles. The van der Waals surface area contributed by atoms with Crippen molar-refractivity contribution in [1.29, 1.82) is 0 Å². The Morgan fingerprint density at radius 1 is 0.893 bits per heavy atom. The average Bonchev–Trinajstić information content (AvgIpc) is 2.70. The van der Waals surface area contributed by atoms with Crippen molar-refractivity contribution in [2.75, 3.05) is 26.7 Å². The lowest BCUT2D eigenvalue weighted by Gasteiger charge is -2.16. The zero-order chi connectivity index (χ0) is 20.0. The van der Waals surface area contributed by atoms with E-state index in [1.165, 1.54) is 64.2 Å². The molecule has 0 saturated carbocycles. The second-order valence-corrected chi connectivity index (χ2v) is 7.77. The molecule has 0 fully saturated rings. The number of unbranched alkanes of at least 4 members (excludes halogenated alkanes) is 9. The number of rotatable bonds is 15. The minimum absolute atomic E-state index is 0.297. The smallest absolute Gasteiger partial charge is 0.379 e. The normalized spacial score (nSPS) is 11.4. The Hall–Kier alpha value is -1.81. The maximum Gasteiger partial charge on any atom is 0.379 e. The number of ether oxygens (including phenoxy) is 1. The van der Waals surface area contributed by atoms with Crippen LogP contribution < -0.4 is 10.4 Å². The molecule has 1 aromatic carbocycles. The quantitative estimate of drug-likeness (QED) is 0.277. The summed E-state index contributed by atoms with van der Waals surface area (Å²) in [5, 5.41) is 0.885. The highest BCUT2D eigenvalue weighted by molar-refractivity contribution is 5.77. The Morgan fingerprint density at radius 3 is 2.25 bits per heavy atom. The van der Waals surface area contributed by atoms with E-state index in [1.54, 1.807) is 12.1 Å². The molecule has 4 heteroatoms. The van der Waals surface area contributed by atoms with Crippen molar-refractivity contribution in [1.82, 2.24) is 4.90 Å². The van der Waals surface area contributed by atoms with Crippen LogP contribution in [0.2, 0.25) is 0 Å². The average molecular weight is 388 g/mol. The van der Waals surface area contributed by atoms with E-state index >= 15 is 0 Å². The van der Waals surface area contributed by atoms with Gasteiger partial charge in [0.15, 0.2) is 0 Å². The molecule has 0 spiro atoms. The minimum atomic E-state index is -0.406. The molecule has 4 nitrogen and oxygen atoms in total. The highest BCUT2D eigenvalue weighted by Gasteiger charge is 2.06. The van der Waals surface area contributed by atoms with E-state index in [2.05, 4.69) is 18.9 Å². The molecular weight excluding hydrogens is 350 g/mol. The summed E-state index contributed by atoms with van der Waals surface area (Å²) in [6, 6.07) is 9.26. The number of nitrogens with zero attached hydrogens (tertiary/aromatic N) is 1. The van der Waals surface area contributed by atoms with Gasteiger partial charge >= 0.3 is 5.63 Å².